The van der Waals surface area contributed by atoms with Crippen LogP contribution in [0, 0.1) is 19.7 Å². The maximum atomic E-state index is 13.0. The molecule has 0 saturated carbocycles. The Bertz CT molecular complexity index is 1070. The Morgan fingerprint density at radius 3 is 2.50 bits per heavy atom. The van der Waals surface area contributed by atoms with Crippen molar-refractivity contribution >= 4 is 35.0 Å². The molecule has 2 N–H and O–H groups in total. The zero-order chi connectivity index (χ0) is 21.7. The first-order valence-corrected chi connectivity index (χ1v) is 10.2. The fraction of sp³-hybridized carbons (Fsp3) is 0.238. The van der Waals surface area contributed by atoms with Gasteiger partial charge in [-0.2, -0.15) is 0 Å². The maximum absolute atomic E-state index is 13.0. The topological polar surface area (TPSA) is 88.9 Å². The van der Waals surface area contributed by atoms with Crippen LogP contribution in [0.25, 0.3) is 0 Å². The quantitative estimate of drug-likeness (QED) is 0.564. The van der Waals surface area contributed by atoms with Crippen LogP contribution >= 0.6 is 11.8 Å². The highest BCUT2D eigenvalue weighted by atomic mass is 32.2. The van der Waals surface area contributed by atoms with Gasteiger partial charge in [-0.3, -0.25) is 9.59 Å². The summed E-state index contributed by atoms with van der Waals surface area (Å²) in [6.07, 6.45) is 0.0100. The Balaban J connectivity index is 1.54. The molecule has 0 atom stereocenters. The first kappa shape index (κ1) is 21.5. The van der Waals surface area contributed by atoms with Gasteiger partial charge in [-0.05, 0) is 55.3 Å². The number of aryl methyl sites for hydroxylation is 1. The van der Waals surface area contributed by atoms with E-state index in [1.54, 1.807) is 11.6 Å². The molecule has 2 amide bonds. The highest BCUT2D eigenvalue weighted by Gasteiger charge is 2.15. The van der Waals surface area contributed by atoms with E-state index in [4.69, 9.17) is 0 Å². The SMILES string of the molecule is Cc1cccc(NC(=O)CSc2nnc(CC(=O)Nc3ccc(F)cc3)n2C)c1C. The number of amides is 2. The van der Waals surface area contributed by atoms with Crippen LogP contribution in [-0.4, -0.2) is 32.3 Å². The molecule has 0 unspecified atom stereocenters. The van der Waals surface area contributed by atoms with Crippen molar-refractivity contribution in [3.05, 3.63) is 65.2 Å². The number of nitrogens with one attached hydrogen (secondary N) is 2. The first-order chi connectivity index (χ1) is 14.3. The summed E-state index contributed by atoms with van der Waals surface area (Å²) in [4.78, 5) is 24.5. The molecule has 0 saturated heterocycles. The summed E-state index contributed by atoms with van der Waals surface area (Å²) >= 11 is 1.24. The lowest BCUT2D eigenvalue weighted by Gasteiger charge is -2.10. The van der Waals surface area contributed by atoms with Gasteiger partial charge in [0.05, 0.1) is 12.2 Å². The zero-order valence-corrected chi connectivity index (χ0v) is 17.7. The minimum absolute atomic E-state index is 0.0100. The molecule has 0 bridgehead atoms. The van der Waals surface area contributed by atoms with Crippen molar-refractivity contribution in [3.63, 3.8) is 0 Å². The molecule has 0 aliphatic carbocycles. The van der Waals surface area contributed by atoms with Crippen LogP contribution in [0.4, 0.5) is 15.8 Å². The molecule has 156 valence electrons. The van der Waals surface area contributed by atoms with Gasteiger partial charge >= 0.3 is 0 Å². The Morgan fingerprint density at radius 1 is 1.03 bits per heavy atom. The summed E-state index contributed by atoms with van der Waals surface area (Å²) in [7, 11) is 1.74. The van der Waals surface area contributed by atoms with Crippen molar-refractivity contribution in [2.75, 3.05) is 16.4 Å². The number of aromatic nitrogens is 3. The van der Waals surface area contributed by atoms with Gasteiger partial charge in [0, 0.05) is 18.4 Å². The molecule has 30 heavy (non-hydrogen) atoms. The smallest absolute Gasteiger partial charge is 0.234 e. The minimum atomic E-state index is -0.371. The lowest BCUT2D eigenvalue weighted by molar-refractivity contribution is -0.116. The van der Waals surface area contributed by atoms with E-state index in [1.807, 2.05) is 32.0 Å². The van der Waals surface area contributed by atoms with Gasteiger partial charge in [0.15, 0.2) is 5.16 Å². The fourth-order valence-electron chi connectivity index (χ4n) is 2.71. The first-order valence-electron chi connectivity index (χ1n) is 9.26. The number of carbonyl (C=O) groups excluding carboxylic acids is 2. The van der Waals surface area contributed by atoms with Crippen molar-refractivity contribution in [1.82, 2.24) is 14.8 Å². The number of benzene rings is 2. The lowest BCUT2D eigenvalue weighted by atomic mass is 10.1. The number of hydrogen-bond acceptors (Lipinski definition) is 5. The molecule has 3 aromatic rings. The number of anilines is 2. The van der Waals surface area contributed by atoms with Gasteiger partial charge in [-0.1, -0.05) is 23.9 Å². The predicted molar refractivity (Wildman–Crippen MR) is 115 cm³/mol. The highest BCUT2D eigenvalue weighted by molar-refractivity contribution is 7.99. The molecule has 1 heterocycles. The molecule has 1 aromatic heterocycles. The standard InChI is InChI=1S/C21H22FN5O2S/c1-13-5-4-6-17(14(13)2)24-20(29)12-30-21-26-25-18(27(21)3)11-19(28)23-16-9-7-15(22)8-10-16/h4-10H,11-12H2,1-3H3,(H,23,28)(H,24,29). The van der Waals surface area contributed by atoms with Crippen molar-refractivity contribution in [3.8, 4) is 0 Å². The van der Waals surface area contributed by atoms with Gasteiger partial charge in [0.25, 0.3) is 0 Å². The van der Waals surface area contributed by atoms with Gasteiger partial charge in [0.2, 0.25) is 11.8 Å². The number of nitrogens with zero attached hydrogens (tertiary/aromatic N) is 3. The summed E-state index contributed by atoms with van der Waals surface area (Å²) in [5, 5.41) is 14.2. The molecule has 0 fully saturated rings. The Kier molecular flexibility index (Phi) is 6.83. The van der Waals surface area contributed by atoms with Crippen molar-refractivity contribution in [2.24, 2.45) is 7.05 Å². The number of rotatable bonds is 7. The van der Waals surface area contributed by atoms with Gasteiger partial charge in [0.1, 0.15) is 11.6 Å². The van der Waals surface area contributed by atoms with Crippen LogP contribution in [0.5, 0.6) is 0 Å². The number of carbonyl (C=O) groups is 2. The van der Waals surface area contributed by atoms with E-state index in [9.17, 15) is 14.0 Å². The van der Waals surface area contributed by atoms with Crippen molar-refractivity contribution < 1.29 is 14.0 Å². The molecule has 0 spiro atoms. The van der Waals surface area contributed by atoms with Gasteiger partial charge < -0.3 is 15.2 Å². The minimum Gasteiger partial charge on any atom is -0.326 e. The Hall–Kier alpha value is -3.20. The molecule has 0 aliphatic rings. The second kappa shape index (κ2) is 9.53. The van der Waals surface area contributed by atoms with E-state index in [-0.39, 0.29) is 29.8 Å². The largest absolute Gasteiger partial charge is 0.326 e. The summed E-state index contributed by atoms with van der Waals surface area (Å²) in [6, 6.07) is 11.3. The highest BCUT2D eigenvalue weighted by Crippen LogP contribution is 2.20. The molecule has 0 aliphatic heterocycles. The third-order valence-corrected chi connectivity index (χ3v) is 5.60. The van der Waals surface area contributed by atoms with E-state index in [0.29, 0.717) is 16.7 Å². The van der Waals surface area contributed by atoms with E-state index in [0.717, 1.165) is 16.8 Å². The third-order valence-electron chi connectivity index (χ3n) is 4.58. The Labute approximate surface area is 178 Å². The van der Waals surface area contributed by atoms with Crippen LogP contribution in [-0.2, 0) is 23.1 Å². The number of halogens is 1. The monoisotopic (exact) mass is 427 g/mol. The normalized spacial score (nSPS) is 10.7. The predicted octanol–water partition coefficient (Wildman–Crippen LogP) is 3.48. The van der Waals surface area contributed by atoms with Crippen LogP contribution in [0.15, 0.2) is 47.6 Å². The summed E-state index contributed by atoms with van der Waals surface area (Å²) in [5.74, 6) is -0.175. The molecular formula is C21H22FN5O2S. The van der Waals surface area contributed by atoms with Crippen molar-refractivity contribution in [2.45, 2.75) is 25.4 Å². The number of thioether (sulfide) groups is 1. The van der Waals surface area contributed by atoms with Crippen LogP contribution < -0.4 is 10.6 Å². The molecule has 0 radical (unpaired) electrons. The van der Waals surface area contributed by atoms with Crippen molar-refractivity contribution in [1.29, 1.82) is 0 Å². The molecule has 3 rings (SSSR count). The Morgan fingerprint density at radius 2 is 1.77 bits per heavy atom. The summed E-state index contributed by atoms with van der Waals surface area (Å²) in [6.45, 7) is 3.96. The molecule has 2 aromatic carbocycles. The number of hydrogen-bond donors (Lipinski definition) is 2. The van der Waals surface area contributed by atoms with Crippen LogP contribution in [0.2, 0.25) is 0 Å². The van der Waals surface area contributed by atoms with Gasteiger partial charge in [-0.25, -0.2) is 4.39 Å². The van der Waals surface area contributed by atoms with E-state index >= 15 is 0 Å². The van der Waals surface area contributed by atoms with Crippen LogP contribution in [0.3, 0.4) is 0 Å². The molecular weight excluding hydrogens is 405 g/mol. The zero-order valence-electron chi connectivity index (χ0n) is 16.9. The van der Waals surface area contributed by atoms with Gasteiger partial charge in [-0.15, -0.1) is 10.2 Å². The summed E-state index contributed by atoms with van der Waals surface area (Å²) < 4.78 is 14.6. The van der Waals surface area contributed by atoms with E-state index < -0.39 is 0 Å². The average molecular weight is 428 g/mol. The fourth-order valence-corrected chi connectivity index (χ4v) is 3.44. The lowest BCUT2D eigenvalue weighted by Crippen LogP contribution is -2.17. The maximum Gasteiger partial charge on any atom is 0.234 e. The molecule has 7 nitrogen and oxygen atoms in total. The van der Waals surface area contributed by atoms with E-state index in [2.05, 4.69) is 20.8 Å². The molecule has 9 heteroatoms. The summed E-state index contributed by atoms with van der Waals surface area (Å²) in [5.41, 5.74) is 3.43. The second-order valence-corrected chi connectivity index (χ2v) is 7.72. The average Bonchev–Trinajstić information content (AvgIpc) is 3.05. The van der Waals surface area contributed by atoms with Crippen LogP contribution in [0.1, 0.15) is 17.0 Å². The third kappa shape index (κ3) is 5.44. The van der Waals surface area contributed by atoms with E-state index in [1.165, 1.54) is 36.0 Å². The second-order valence-electron chi connectivity index (χ2n) is 6.77.